The van der Waals surface area contributed by atoms with Gasteiger partial charge in [0.05, 0.1) is 22.0 Å². The number of aromatic nitrogens is 4. The Hall–Kier alpha value is -8.03. The van der Waals surface area contributed by atoms with Gasteiger partial charge in [0.2, 0.25) is 0 Å². The number of imidazole rings is 1. The van der Waals surface area contributed by atoms with Gasteiger partial charge in [0.25, 0.3) is 0 Å². The van der Waals surface area contributed by atoms with Crippen molar-refractivity contribution in [2.75, 3.05) is 0 Å². The predicted octanol–water partition coefficient (Wildman–Crippen LogP) is 12.0. The van der Waals surface area contributed by atoms with Crippen molar-refractivity contribution >= 4 is 73.6 Å². The van der Waals surface area contributed by atoms with Crippen molar-refractivity contribution in [3.05, 3.63) is 271 Å². The molecule has 4 heterocycles. The maximum absolute atomic E-state index is 5.52. The standard InChI is InChI=1S/C62H44N4SSi/c1-65-55-38-18-16-36-53(55)64-60(65)43-22-20-32-49(40-43)68(47-28-10-4-11-29-47,48-30-12-5-13-31-48)50-33-21-27-46(41-50)66-54-37-17-14-34-51(54)58-59-57(42-63-61(58)66)67-56-39-19-15-35-52(56)62(59,44-23-6-2-7-24-44)45-25-8-3-9-26-45/h2-42H,1H3. The van der Waals surface area contributed by atoms with E-state index in [2.05, 4.69) is 265 Å². The predicted molar refractivity (Wildman–Crippen MR) is 284 cm³/mol. The van der Waals surface area contributed by atoms with Gasteiger partial charge in [0.15, 0.2) is 8.07 Å². The fraction of sp³-hybridized carbons (Fsp3) is 0.0323. The number of pyridine rings is 1. The molecule has 1 aliphatic heterocycles. The van der Waals surface area contributed by atoms with E-state index in [0.29, 0.717) is 0 Å². The Kier molecular flexibility index (Phi) is 9.53. The SMILES string of the molecule is Cn1c(-c2cccc([Si](c3ccccc3)(c3ccccc3)c3cccc(-n4c5ccccc5c5c6c(cnc54)Sc4ccccc4C6(c4ccccc4)c4ccccc4)c3)c2)nc2ccccc21. The summed E-state index contributed by atoms with van der Waals surface area (Å²) in [5.74, 6) is 0.952. The van der Waals surface area contributed by atoms with Crippen molar-refractivity contribution in [3.63, 3.8) is 0 Å². The fourth-order valence-electron chi connectivity index (χ4n) is 11.4. The molecule has 12 aromatic rings. The minimum absolute atomic E-state index is 0.621. The molecule has 0 aliphatic carbocycles. The van der Waals surface area contributed by atoms with Crippen LogP contribution >= 0.6 is 11.8 Å². The summed E-state index contributed by atoms with van der Waals surface area (Å²) in [6, 6.07) is 89.4. The molecule has 0 N–H and O–H groups in total. The van der Waals surface area contributed by atoms with E-state index < -0.39 is 13.5 Å². The first kappa shape index (κ1) is 40.3. The number of rotatable bonds is 8. The van der Waals surface area contributed by atoms with Crippen LogP contribution in [0.1, 0.15) is 22.3 Å². The molecule has 13 rings (SSSR count). The monoisotopic (exact) mass is 904 g/mol. The molecule has 0 amide bonds. The van der Waals surface area contributed by atoms with Gasteiger partial charge < -0.3 is 4.57 Å². The summed E-state index contributed by atoms with van der Waals surface area (Å²) in [6.07, 6.45) is 2.14. The minimum atomic E-state index is -3.05. The van der Waals surface area contributed by atoms with Gasteiger partial charge in [-0.2, -0.15) is 0 Å². The average Bonchev–Trinajstić information content (AvgIpc) is 3.94. The highest BCUT2D eigenvalue weighted by Gasteiger charge is 2.47. The smallest absolute Gasteiger partial charge is 0.179 e. The van der Waals surface area contributed by atoms with Gasteiger partial charge in [0.1, 0.15) is 11.5 Å². The zero-order chi connectivity index (χ0) is 45.2. The Balaban J connectivity index is 1.10. The van der Waals surface area contributed by atoms with E-state index in [9.17, 15) is 0 Å². The lowest BCUT2D eigenvalue weighted by molar-refractivity contribution is 0.708. The molecule has 6 heteroatoms. The van der Waals surface area contributed by atoms with Crippen molar-refractivity contribution in [1.82, 2.24) is 19.1 Å². The van der Waals surface area contributed by atoms with Crippen molar-refractivity contribution in [3.8, 4) is 17.1 Å². The summed E-state index contributed by atoms with van der Waals surface area (Å²) in [7, 11) is -0.925. The molecular weight excluding hydrogens is 861 g/mol. The number of para-hydroxylation sites is 3. The van der Waals surface area contributed by atoms with Crippen LogP contribution in [0.25, 0.3) is 50.0 Å². The highest BCUT2D eigenvalue weighted by atomic mass is 32.2. The summed E-state index contributed by atoms with van der Waals surface area (Å²) in [5.41, 5.74) is 10.7. The Bertz CT molecular complexity index is 3770. The number of nitrogens with zero attached hydrogens (tertiary/aromatic N) is 4. The molecule has 0 radical (unpaired) electrons. The van der Waals surface area contributed by atoms with Gasteiger partial charge >= 0.3 is 0 Å². The van der Waals surface area contributed by atoms with Crippen LogP contribution in [0.5, 0.6) is 0 Å². The van der Waals surface area contributed by atoms with E-state index in [0.717, 1.165) is 39.3 Å². The quantitative estimate of drug-likeness (QED) is 0.113. The molecule has 0 saturated heterocycles. The second-order valence-corrected chi connectivity index (χ2v) is 22.6. The van der Waals surface area contributed by atoms with Crippen molar-refractivity contribution in [2.24, 2.45) is 7.05 Å². The van der Waals surface area contributed by atoms with Gasteiger partial charge in [0, 0.05) is 45.1 Å². The molecule has 0 saturated carbocycles. The lowest BCUT2D eigenvalue weighted by Crippen LogP contribution is -2.74. The molecule has 3 aromatic heterocycles. The number of hydrogen-bond acceptors (Lipinski definition) is 3. The highest BCUT2D eigenvalue weighted by molar-refractivity contribution is 7.99. The lowest BCUT2D eigenvalue weighted by Gasteiger charge is -2.42. The lowest BCUT2D eigenvalue weighted by atomic mass is 9.64. The van der Waals surface area contributed by atoms with E-state index in [1.54, 1.807) is 0 Å². The van der Waals surface area contributed by atoms with E-state index in [4.69, 9.17) is 9.97 Å². The Morgan fingerprint density at radius 2 is 1.04 bits per heavy atom. The number of hydrogen-bond donors (Lipinski definition) is 0. The van der Waals surface area contributed by atoms with Crippen molar-refractivity contribution in [2.45, 2.75) is 15.2 Å². The molecule has 0 unspecified atom stereocenters. The van der Waals surface area contributed by atoms with Gasteiger partial charge in [-0.15, -0.1) is 0 Å². The van der Waals surface area contributed by atoms with Gasteiger partial charge in [-0.1, -0.05) is 218 Å². The third-order valence-corrected chi connectivity index (χ3v) is 20.1. The van der Waals surface area contributed by atoms with Crippen LogP contribution in [0.2, 0.25) is 0 Å². The largest absolute Gasteiger partial charge is 0.327 e. The van der Waals surface area contributed by atoms with E-state index >= 15 is 0 Å². The second kappa shape index (κ2) is 16.1. The van der Waals surface area contributed by atoms with Crippen LogP contribution in [-0.4, -0.2) is 27.2 Å². The number of fused-ring (bicyclic) bond motifs is 7. The fourth-order valence-corrected chi connectivity index (χ4v) is 17.4. The zero-order valence-corrected chi connectivity index (χ0v) is 39.2. The summed E-state index contributed by atoms with van der Waals surface area (Å²) >= 11 is 1.83. The topological polar surface area (TPSA) is 35.6 Å². The molecule has 4 nitrogen and oxygen atoms in total. The third kappa shape index (κ3) is 5.94. The van der Waals surface area contributed by atoms with Crippen LogP contribution in [-0.2, 0) is 12.5 Å². The first-order valence-corrected chi connectivity index (χ1v) is 26.0. The molecule has 0 spiro atoms. The maximum Gasteiger partial charge on any atom is 0.179 e. The van der Waals surface area contributed by atoms with Crippen LogP contribution < -0.4 is 20.7 Å². The van der Waals surface area contributed by atoms with E-state index in [1.807, 2.05) is 11.8 Å². The minimum Gasteiger partial charge on any atom is -0.327 e. The van der Waals surface area contributed by atoms with Crippen LogP contribution in [0, 0.1) is 0 Å². The van der Waals surface area contributed by atoms with Crippen LogP contribution in [0.15, 0.2) is 259 Å². The molecule has 322 valence electrons. The third-order valence-electron chi connectivity index (χ3n) is 14.2. The molecular formula is C62H44N4SSi. The molecule has 0 atom stereocenters. The summed E-state index contributed by atoms with van der Waals surface area (Å²) in [6.45, 7) is 0. The molecule has 9 aromatic carbocycles. The summed E-state index contributed by atoms with van der Waals surface area (Å²) < 4.78 is 4.64. The average molecular weight is 905 g/mol. The number of aryl methyl sites for hydroxylation is 1. The number of benzene rings is 9. The van der Waals surface area contributed by atoms with Crippen molar-refractivity contribution < 1.29 is 0 Å². The van der Waals surface area contributed by atoms with Crippen LogP contribution in [0.3, 0.4) is 0 Å². The van der Waals surface area contributed by atoms with Gasteiger partial charge in [-0.05, 0) is 79.4 Å². The summed E-state index contributed by atoms with van der Waals surface area (Å²) in [4.78, 5) is 13.1. The van der Waals surface area contributed by atoms with Crippen LogP contribution in [0.4, 0.5) is 0 Å². The molecule has 1 aliphatic rings. The van der Waals surface area contributed by atoms with Gasteiger partial charge in [-0.25, -0.2) is 9.97 Å². The Morgan fingerprint density at radius 1 is 0.485 bits per heavy atom. The van der Waals surface area contributed by atoms with E-state index in [-0.39, 0.29) is 0 Å². The van der Waals surface area contributed by atoms with Gasteiger partial charge in [-0.3, -0.25) is 4.57 Å². The van der Waals surface area contributed by atoms with E-state index in [1.165, 1.54) is 63.6 Å². The summed E-state index contributed by atoms with van der Waals surface area (Å²) in [5, 5.41) is 7.54. The first-order valence-electron chi connectivity index (χ1n) is 23.2. The molecule has 68 heavy (non-hydrogen) atoms. The molecule has 0 fully saturated rings. The highest BCUT2D eigenvalue weighted by Crippen LogP contribution is 2.58. The normalized spacial score (nSPS) is 13.1. The Labute approximate surface area is 400 Å². The molecule has 0 bridgehead atoms. The zero-order valence-electron chi connectivity index (χ0n) is 37.4. The first-order chi connectivity index (χ1) is 33.7. The Morgan fingerprint density at radius 3 is 1.74 bits per heavy atom. The maximum atomic E-state index is 5.52. The second-order valence-electron chi connectivity index (χ2n) is 17.7. The van der Waals surface area contributed by atoms with Crippen molar-refractivity contribution in [1.29, 1.82) is 0 Å².